The van der Waals surface area contributed by atoms with Crippen LogP contribution in [0.3, 0.4) is 0 Å². The van der Waals surface area contributed by atoms with Gasteiger partial charge in [-0.2, -0.15) is 0 Å². The zero-order valence-corrected chi connectivity index (χ0v) is 19.5. The van der Waals surface area contributed by atoms with Gasteiger partial charge in [-0.25, -0.2) is 0 Å². The Kier molecular flexibility index (Phi) is 7.46. The summed E-state index contributed by atoms with van der Waals surface area (Å²) in [7, 11) is 0. The summed E-state index contributed by atoms with van der Waals surface area (Å²) in [6.07, 6.45) is 2.43. The van der Waals surface area contributed by atoms with Crippen molar-refractivity contribution in [1.82, 2.24) is 15.5 Å². The van der Waals surface area contributed by atoms with Gasteiger partial charge in [0, 0.05) is 24.5 Å². The molecule has 2 heterocycles. The molecule has 1 aromatic rings. The maximum atomic E-state index is 13.4. The predicted molar refractivity (Wildman–Crippen MR) is 122 cm³/mol. The van der Waals surface area contributed by atoms with Crippen LogP contribution < -0.4 is 10.6 Å². The maximum absolute atomic E-state index is 13.4. The summed E-state index contributed by atoms with van der Waals surface area (Å²) in [6, 6.07) is 7.61. The predicted octanol–water partition coefficient (Wildman–Crippen LogP) is 3.82. The fraction of sp³-hybridized carbons (Fsp3) is 0.667. The highest BCUT2D eigenvalue weighted by atomic mass is 35.5. The molecule has 166 valence electrons. The number of rotatable bonds is 6. The Morgan fingerprint density at radius 2 is 1.93 bits per heavy atom. The lowest BCUT2D eigenvalue weighted by Gasteiger charge is -2.45. The molecule has 0 spiro atoms. The van der Waals surface area contributed by atoms with Crippen molar-refractivity contribution in [2.75, 3.05) is 26.2 Å². The number of hydrogen-bond donors (Lipinski definition) is 2. The fourth-order valence-electron chi connectivity index (χ4n) is 4.95. The molecule has 1 aromatic carbocycles. The van der Waals surface area contributed by atoms with E-state index in [9.17, 15) is 9.59 Å². The van der Waals surface area contributed by atoms with E-state index in [4.69, 9.17) is 11.6 Å². The van der Waals surface area contributed by atoms with E-state index in [0.29, 0.717) is 31.3 Å². The minimum absolute atomic E-state index is 0.00828. The summed E-state index contributed by atoms with van der Waals surface area (Å²) in [4.78, 5) is 27.9. The molecule has 0 aromatic heterocycles. The largest absolute Gasteiger partial charge is 0.344 e. The molecule has 1 unspecified atom stereocenters. The molecule has 2 saturated heterocycles. The molecule has 2 N–H and O–H groups in total. The number of hydrogen-bond acceptors (Lipinski definition) is 3. The van der Waals surface area contributed by atoms with Gasteiger partial charge in [0.15, 0.2) is 0 Å². The zero-order chi connectivity index (χ0) is 21.9. The number of nitrogens with one attached hydrogen (secondary N) is 2. The number of benzene rings is 1. The molecule has 3 rings (SSSR count). The molecule has 2 aliphatic heterocycles. The van der Waals surface area contributed by atoms with Crippen LogP contribution in [0.4, 0.5) is 0 Å². The van der Waals surface area contributed by atoms with Gasteiger partial charge >= 0.3 is 0 Å². The Morgan fingerprint density at radius 1 is 1.23 bits per heavy atom. The van der Waals surface area contributed by atoms with E-state index in [-0.39, 0.29) is 23.1 Å². The lowest BCUT2D eigenvalue weighted by molar-refractivity contribution is -0.140. The van der Waals surface area contributed by atoms with Gasteiger partial charge in [0.2, 0.25) is 11.8 Å². The van der Waals surface area contributed by atoms with Crippen molar-refractivity contribution >= 4 is 23.4 Å². The van der Waals surface area contributed by atoms with Gasteiger partial charge in [-0.15, -0.1) is 0 Å². The van der Waals surface area contributed by atoms with E-state index in [0.717, 1.165) is 31.0 Å². The maximum Gasteiger partial charge on any atom is 0.245 e. The second-order valence-corrected chi connectivity index (χ2v) is 10.4. The number of amides is 2. The van der Waals surface area contributed by atoms with Crippen molar-refractivity contribution in [1.29, 1.82) is 0 Å². The molecular weight excluding hydrogens is 398 g/mol. The van der Waals surface area contributed by atoms with E-state index in [1.54, 1.807) is 0 Å². The number of carbonyl (C=O) groups excluding carboxylic acids is 2. The summed E-state index contributed by atoms with van der Waals surface area (Å²) in [5.41, 5.74) is 1.22. The molecular formula is C24H36ClN3O2. The Labute approximate surface area is 185 Å². The minimum atomic E-state index is -0.463. The van der Waals surface area contributed by atoms with Crippen LogP contribution in [0, 0.1) is 17.3 Å². The average molecular weight is 434 g/mol. The summed E-state index contributed by atoms with van der Waals surface area (Å²) in [5.74, 6) is 0.847. The number of nitrogens with zero attached hydrogens (tertiary/aromatic N) is 1. The van der Waals surface area contributed by atoms with Crippen molar-refractivity contribution < 1.29 is 9.59 Å². The van der Waals surface area contributed by atoms with E-state index in [1.807, 2.05) is 30.9 Å². The molecule has 0 aliphatic carbocycles. The third-order valence-electron chi connectivity index (χ3n) is 6.70. The zero-order valence-electron chi connectivity index (χ0n) is 18.7. The molecule has 2 aliphatic rings. The van der Waals surface area contributed by atoms with Gasteiger partial charge in [-0.05, 0) is 66.8 Å². The molecule has 2 fully saturated rings. The van der Waals surface area contributed by atoms with E-state index < -0.39 is 6.04 Å². The van der Waals surface area contributed by atoms with Gasteiger partial charge < -0.3 is 15.5 Å². The van der Waals surface area contributed by atoms with Crippen LogP contribution >= 0.6 is 11.6 Å². The first-order valence-corrected chi connectivity index (χ1v) is 11.6. The Bertz CT molecular complexity index is 741. The smallest absolute Gasteiger partial charge is 0.245 e. The molecule has 5 nitrogen and oxygen atoms in total. The number of carbonyl (C=O) groups is 2. The fourth-order valence-corrected chi connectivity index (χ4v) is 5.08. The van der Waals surface area contributed by atoms with Crippen molar-refractivity contribution in [3.8, 4) is 0 Å². The van der Waals surface area contributed by atoms with E-state index in [2.05, 4.69) is 36.6 Å². The van der Waals surface area contributed by atoms with Gasteiger partial charge in [-0.3, -0.25) is 9.59 Å². The SMILES string of the molecule is CC(C)[C@@H](NC(=O)C[C@@H]1CCNC1)C(=O)N1CCC(c2ccc(Cl)cc2)C(C)(C)C1. The normalized spacial score (nSPS) is 24.7. The third-order valence-corrected chi connectivity index (χ3v) is 6.95. The highest BCUT2D eigenvalue weighted by Crippen LogP contribution is 2.42. The van der Waals surface area contributed by atoms with Crippen LogP contribution in [0.5, 0.6) is 0 Å². The molecule has 0 bridgehead atoms. The minimum Gasteiger partial charge on any atom is -0.344 e. The van der Waals surface area contributed by atoms with Crippen LogP contribution in [0.25, 0.3) is 0 Å². The third kappa shape index (κ3) is 5.55. The van der Waals surface area contributed by atoms with Crippen molar-refractivity contribution in [3.05, 3.63) is 34.9 Å². The topological polar surface area (TPSA) is 61.4 Å². The first-order chi connectivity index (χ1) is 14.2. The summed E-state index contributed by atoms with van der Waals surface area (Å²) in [5, 5.41) is 7.08. The Hall–Kier alpha value is -1.59. The average Bonchev–Trinajstić information content (AvgIpc) is 3.18. The summed E-state index contributed by atoms with van der Waals surface area (Å²) < 4.78 is 0. The van der Waals surface area contributed by atoms with E-state index in [1.165, 1.54) is 5.56 Å². The monoisotopic (exact) mass is 433 g/mol. The molecule has 3 atom stereocenters. The number of piperidine rings is 1. The van der Waals surface area contributed by atoms with Gasteiger partial charge in [0.1, 0.15) is 6.04 Å². The van der Waals surface area contributed by atoms with Gasteiger partial charge in [0.25, 0.3) is 0 Å². The van der Waals surface area contributed by atoms with Crippen LogP contribution in [-0.4, -0.2) is 48.9 Å². The lowest BCUT2D eigenvalue weighted by Crippen LogP contribution is -2.56. The summed E-state index contributed by atoms with van der Waals surface area (Å²) >= 11 is 6.05. The van der Waals surface area contributed by atoms with Gasteiger partial charge in [-0.1, -0.05) is 51.4 Å². The van der Waals surface area contributed by atoms with Crippen LogP contribution in [0.2, 0.25) is 5.02 Å². The molecule has 2 amide bonds. The molecule has 30 heavy (non-hydrogen) atoms. The first kappa shape index (κ1) is 23.1. The quantitative estimate of drug-likeness (QED) is 0.716. The van der Waals surface area contributed by atoms with Gasteiger partial charge in [0.05, 0.1) is 0 Å². The Morgan fingerprint density at radius 3 is 2.50 bits per heavy atom. The summed E-state index contributed by atoms with van der Waals surface area (Å²) in [6.45, 7) is 11.7. The Balaban J connectivity index is 1.64. The lowest BCUT2D eigenvalue weighted by atomic mass is 9.70. The molecule has 0 radical (unpaired) electrons. The second kappa shape index (κ2) is 9.69. The highest BCUT2D eigenvalue weighted by Gasteiger charge is 2.40. The molecule has 0 saturated carbocycles. The van der Waals surface area contributed by atoms with Crippen LogP contribution in [-0.2, 0) is 9.59 Å². The first-order valence-electron chi connectivity index (χ1n) is 11.2. The number of likely N-dealkylation sites (tertiary alicyclic amines) is 1. The standard InChI is InChI=1S/C24H36ClN3O2/c1-16(2)22(27-21(29)13-17-9-11-26-14-17)23(30)28-12-10-20(24(3,4)15-28)18-5-7-19(25)8-6-18/h5-8,16-17,20,22,26H,9-15H2,1-4H3,(H,27,29)/t17-,20?,22+/m0/s1. The van der Waals surface area contributed by atoms with Crippen molar-refractivity contribution in [2.45, 2.75) is 58.9 Å². The van der Waals surface area contributed by atoms with Crippen LogP contribution in [0.1, 0.15) is 58.4 Å². The van der Waals surface area contributed by atoms with Crippen molar-refractivity contribution in [3.63, 3.8) is 0 Å². The highest BCUT2D eigenvalue weighted by molar-refractivity contribution is 6.30. The van der Waals surface area contributed by atoms with Crippen molar-refractivity contribution in [2.24, 2.45) is 17.3 Å². The molecule has 6 heteroatoms. The van der Waals surface area contributed by atoms with E-state index >= 15 is 0 Å². The number of halogens is 1. The second-order valence-electron chi connectivity index (χ2n) is 9.99. The van der Waals surface area contributed by atoms with Crippen LogP contribution in [0.15, 0.2) is 24.3 Å².